The van der Waals surface area contributed by atoms with Crippen LogP contribution in [0, 0.1) is 13.7 Å². The molecule has 6 aromatic rings. The number of hydrogen-bond acceptors (Lipinski definition) is 5. The molecule has 0 spiro atoms. The highest BCUT2D eigenvalue weighted by atomic mass is 16.3. The van der Waals surface area contributed by atoms with Crippen molar-refractivity contribution in [2.75, 3.05) is 0 Å². The largest absolute Gasteiger partial charge is 0.455 e. The van der Waals surface area contributed by atoms with Crippen molar-refractivity contribution >= 4 is 21.9 Å². The predicted molar refractivity (Wildman–Crippen MR) is 187 cm³/mol. The maximum Gasteiger partial charge on any atom is 0.163 e. The molecule has 5 nitrogen and oxygen atoms in total. The number of rotatable bonds is 3. The van der Waals surface area contributed by atoms with E-state index in [2.05, 4.69) is 46.5 Å². The topological polar surface area (TPSA) is 64.7 Å². The van der Waals surface area contributed by atoms with Crippen LogP contribution in [0.5, 0.6) is 0 Å². The van der Waals surface area contributed by atoms with Crippen LogP contribution in [0.15, 0.2) is 71.2 Å². The zero-order valence-electron chi connectivity index (χ0n) is 35.4. The van der Waals surface area contributed by atoms with Gasteiger partial charge in [0.1, 0.15) is 22.8 Å². The molecular weight excluding hydrogens is 552 g/mol. The summed E-state index contributed by atoms with van der Waals surface area (Å²) in [6.07, 6.45) is 1.16. The Morgan fingerprint density at radius 1 is 0.689 bits per heavy atom. The molecule has 230 valence electrons. The molecule has 0 saturated carbocycles. The Kier molecular flexibility index (Phi) is 5.23. The van der Waals surface area contributed by atoms with E-state index in [1.165, 1.54) is 6.07 Å². The summed E-state index contributed by atoms with van der Waals surface area (Å²) in [5, 5.41) is 1.54. The monoisotopic (exact) mass is 604 g/mol. The summed E-state index contributed by atoms with van der Waals surface area (Å²) in [5.41, 5.74) is 0.912. The second kappa shape index (κ2) is 10.6. The van der Waals surface area contributed by atoms with Crippen LogP contribution in [0.4, 0.5) is 0 Å². The Morgan fingerprint density at radius 3 is 2.04 bits per heavy atom. The van der Waals surface area contributed by atoms with Crippen molar-refractivity contribution in [1.29, 1.82) is 0 Å². The summed E-state index contributed by atoms with van der Waals surface area (Å²) in [6.45, 7) is 12.6. The van der Waals surface area contributed by atoms with Gasteiger partial charge in [0, 0.05) is 47.2 Å². The molecule has 0 N–H and O–H groups in total. The van der Waals surface area contributed by atoms with E-state index >= 15 is 0 Å². The molecule has 0 bridgehead atoms. The summed E-state index contributed by atoms with van der Waals surface area (Å²) < 4.78 is 75.3. The molecular formula is C40H44N4O. The van der Waals surface area contributed by atoms with Gasteiger partial charge in [-0.3, -0.25) is 4.98 Å². The van der Waals surface area contributed by atoms with Gasteiger partial charge in [0.25, 0.3) is 0 Å². The van der Waals surface area contributed by atoms with Crippen molar-refractivity contribution in [3.63, 3.8) is 0 Å². The number of aromatic nitrogens is 4. The minimum atomic E-state index is -2.76. The molecule has 3 aromatic carbocycles. The van der Waals surface area contributed by atoms with Gasteiger partial charge >= 0.3 is 0 Å². The minimum absolute atomic E-state index is 0.0933. The van der Waals surface area contributed by atoms with Gasteiger partial charge in [0.05, 0.1) is 8.44 Å². The Balaban J connectivity index is 1.60. The van der Waals surface area contributed by atoms with Crippen molar-refractivity contribution in [1.82, 2.24) is 19.9 Å². The fourth-order valence-corrected chi connectivity index (χ4v) is 5.18. The molecule has 3 aromatic heterocycles. The zero-order valence-corrected chi connectivity index (χ0v) is 27.4. The molecule has 0 radical (unpaired) electrons. The number of furan rings is 1. The lowest BCUT2D eigenvalue weighted by Crippen LogP contribution is -2.24. The number of benzene rings is 3. The molecule has 0 fully saturated rings. The Labute approximate surface area is 278 Å². The first kappa shape index (κ1) is 22.2. The predicted octanol–water partition coefficient (Wildman–Crippen LogP) is 10.7. The molecule has 0 aliphatic heterocycles. The van der Waals surface area contributed by atoms with Crippen molar-refractivity contribution < 1.29 is 15.4 Å². The van der Waals surface area contributed by atoms with Crippen LogP contribution in [0.1, 0.15) is 102 Å². The van der Waals surface area contributed by atoms with E-state index in [1.54, 1.807) is 18.2 Å². The van der Waals surface area contributed by atoms with Crippen LogP contribution < -0.4 is 0 Å². The molecule has 45 heavy (non-hydrogen) atoms. The van der Waals surface area contributed by atoms with Crippen LogP contribution in [-0.2, 0) is 16.2 Å². The summed E-state index contributed by atoms with van der Waals surface area (Å²) in [7, 11) is 0. The fourth-order valence-electron chi connectivity index (χ4n) is 5.18. The van der Waals surface area contributed by atoms with Crippen LogP contribution in [0.3, 0.4) is 0 Å². The van der Waals surface area contributed by atoms with Crippen molar-refractivity contribution in [3.8, 4) is 33.8 Å². The van der Waals surface area contributed by atoms with E-state index in [0.717, 1.165) is 22.5 Å². The molecule has 0 unspecified atom stereocenters. The molecule has 6 rings (SSSR count). The average molecular weight is 605 g/mol. The summed E-state index contributed by atoms with van der Waals surface area (Å²) >= 11 is 0. The second-order valence-electron chi connectivity index (χ2n) is 14.7. The minimum Gasteiger partial charge on any atom is -0.455 e. The van der Waals surface area contributed by atoms with Gasteiger partial charge < -0.3 is 4.42 Å². The lowest BCUT2D eigenvalue weighted by atomic mass is 9.84. The third kappa shape index (κ3) is 5.77. The summed E-state index contributed by atoms with van der Waals surface area (Å²) in [6, 6.07) is 13.7. The number of aryl methyl sites for hydroxylation is 2. The summed E-state index contributed by atoms with van der Waals surface area (Å²) in [4.78, 5) is 19.0. The first-order chi connectivity index (χ1) is 24.3. The van der Waals surface area contributed by atoms with Crippen molar-refractivity contribution in [2.24, 2.45) is 0 Å². The lowest BCUT2D eigenvalue weighted by molar-refractivity contribution is 0.497. The van der Waals surface area contributed by atoms with Crippen molar-refractivity contribution in [2.45, 2.75) is 92.3 Å². The highest BCUT2D eigenvalue weighted by molar-refractivity contribution is 6.10. The van der Waals surface area contributed by atoms with Crippen LogP contribution in [-0.4, -0.2) is 19.9 Å². The van der Waals surface area contributed by atoms with Gasteiger partial charge in [-0.15, -0.1) is 0 Å². The smallest absolute Gasteiger partial charge is 0.163 e. The Morgan fingerprint density at radius 2 is 1.40 bits per heavy atom. The van der Waals surface area contributed by atoms with Gasteiger partial charge in [0.2, 0.25) is 0 Å². The number of nitrogens with zero attached hydrogens (tertiary/aromatic N) is 4. The summed E-state index contributed by atoms with van der Waals surface area (Å²) in [5.74, 6) is 1.87. The molecule has 0 saturated heterocycles. The van der Waals surface area contributed by atoms with E-state index in [9.17, 15) is 1.37 Å². The van der Waals surface area contributed by atoms with E-state index < -0.39 is 19.1 Å². The van der Waals surface area contributed by atoms with Crippen LogP contribution >= 0.6 is 0 Å². The maximum absolute atomic E-state index is 9.47. The zero-order chi connectivity index (χ0) is 39.2. The standard InChI is InChI=1S/C40H44N4O/c1-23-19-26(38(3,4)5)16-18-27(23)31-21-32(41-22-24(31)2)30-14-12-13-29-28-17-15-25(20-33(28)45-34(29)30)35-42-36(39(6,7)8)44-37(43-35)40(9,10)11/h12-22H,1-11H3/i1D3,2D3,18D,21D. The first-order valence-corrected chi connectivity index (χ1v) is 15.2. The number of hydrogen-bond donors (Lipinski definition) is 0. The molecule has 5 heteroatoms. The fraction of sp³-hybridized carbons (Fsp3) is 0.350. The first-order valence-electron chi connectivity index (χ1n) is 19.2. The van der Waals surface area contributed by atoms with E-state index in [1.807, 2.05) is 45.0 Å². The van der Waals surface area contributed by atoms with Gasteiger partial charge in [-0.2, -0.15) is 0 Å². The molecule has 0 amide bonds. The van der Waals surface area contributed by atoms with Crippen LogP contribution in [0.2, 0.25) is 0 Å². The Hall–Kier alpha value is -4.38. The molecule has 0 atom stereocenters. The van der Waals surface area contributed by atoms with E-state index in [4.69, 9.17) is 29.0 Å². The lowest BCUT2D eigenvalue weighted by Gasteiger charge is -2.22. The second-order valence-corrected chi connectivity index (χ2v) is 14.7. The highest BCUT2D eigenvalue weighted by Gasteiger charge is 2.26. The van der Waals surface area contributed by atoms with E-state index in [-0.39, 0.29) is 50.9 Å². The molecule has 3 heterocycles. The Bertz CT molecular complexity index is 2370. The number of para-hydroxylation sites is 1. The van der Waals surface area contributed by atoms with Gasteiger partial charge in [-0.25, -0.2) is 15.0 Å². The number of pyridine rings is 1. The normalized spacial score (nSPS) is 15.9. The van der Waals surface area contributed by atoms with E-state index in [0.29, 0.717) is 39.8 Å². The van der Waals surface area contributed by atoms with Crippen molar-refractivity contribution in [3.05, 3.63) is 95.2 Å². The maximum atomic E-state index is 9.47. The third-order valence-electron chi connectivity index (χ3n) is 7.88. The van der Waals surface area contributed by atoms with Gasteiger partial charge in [-0.1, -0.05) is 98.7 Å². The third-order valence-corrected chi connectivity index (χ3v) is 7.88. The number of fused-ring (bicyclic) bond motifs is 3. The SMILES string of the molecule is [2H]c1cc(C(C)(C)C)cc(C([2H])([2H])[2H])c1-c1c(C([2H])([2H])[2H])cnc(-c2cccc3c2oc2cc(-c4nc(C(C)(C)C)nc(C(C)(C)C)n4)ccc23)c1[2H]. The average Bonchev–Trinajstić information content (AvgIpc) is 3.40. The quantitative estimate of drug-likeness (QED) is 0.201. The van der Waals surface area contributed by atoms with Crippen LogP contribution in [0.25, 0.3) is 55.7 Å². The highest BCUT2D eigenvalue weighted by Crippen LogP contribution is 2.39. The molecule has 0 aliphatic carbocycles. The van der Waals surface area contributed by atoms with Gasteiger partial charge in [0.15, 0.2) is 5.82 Å². The molecule has 0 aliphatic rings. The van der Waals surface area contributed by atoms with Gasteiger partial charge in [-0.05, 0) is 71.2 Å².